The quantitative estimate of drug-likeness (QED) is 0.685. The van der Waals surface area contributed by atoms with Gasteiger partial charge in [0.1, 0.15) is 4.84 Å². The highest BCUT2D eigenvalue weighted by molar-refractivity contribution is 6.47. The number of alkyl halides is 3. The minimum atomic E-state index is -1.15. The van der Waals surface area contributed by atoms with Gasteiger partial charge in [0, 0.05) is 0 Å². The molecule has 0 spiro atoms. The third-order valence-corrected chi connectivity index (χ3v) is 2.70. The monoisotopic (exact) mass is 232 g/mol. The van der Waals surface area contributed by atoms with Crippen LogP contribution in [-0.2, 0) is 0 Å². The molecule has 0 aromatic heterocycles. The SMILES string of the molecule is C1CCCCC1.OC(Cl)C(Cl)Cl. The summed E-state index contributed by atoms with van der Waals surface area (Å²) in [6.45, 7) is 0. The fraction of sp³-hybridized carbons (Fsp3) is 1.00. The Hall–Kier alpha value is 0.830. The molecule has 0 radical (unpaired) electrons. The van der Waals surface area contributed by atoms with Crippen molar-refractivity contribution in [2.75, 3.05) is 0 Å². The first-order valence-electron chi connectivity index (χ1n) is 4.25. The van der Waals surface area contributed by atoms with Crippen molar-refractivity contribution in [3.8, 4) is 0 Å². The second-order valence-electron chi connectivity index (χ2n) is 2.83. The smallest absolute Gasteiger partial charge is 0.157 e. The lowest BCUT2D eigenvalue weighted by molar-refractivity contribution is 0.271. The van der Waals surface area contributed by atoms with Crippen molar-refractivity contribution in [1.29, 1.82) is 0 Å². The predicted molar refractivity (Wildman–Crippen MR) is 55.1 cm³/mol. The Morgan fingerprint density at radius 3 is 1.00 bits per heavy atom. The maximum atomic E-state index is 8.13. The first kappa shape index (κ1) is 12.8. The van der Waals surface area contributed by atoms with E-state index in [9.17, 15) is 0 Å². The molecule has 12 heavy (non-hydrogen) atoms. The molecule has 0 saturated heterocycles. The van der Waals surface area contributed by atoms with Gasteiger partial charge in [0.2, 0.25) is 0 Å². The average molecular weight is 234 g/mol. The third-order valence-electron chi connectivity index (χ3n) is 1.71. The van der Waals surface area contributed by atoms with E-state index in [2.05, 4.69) is 0 Å². The van der Waals surface area contributed by atoms with Gasteiger partial charge >= 0.3 is 0 Å². The second kappa shape index (κ2) is 8.43. The maximum Gasteiger partial charge on any atom is 0.157 e. The van der Waals surface area contributed by atoms with Crippen LogP contribution in [0.5, 0.6) is 0 Å². The number of halogens is 3. The lowest BCUT2D eigenvalue weighted by atomic mass is 10.0. The molecule has 1 aliphatic carbocycles. The standard InChI is InChI=1S/C6H12.C2H3Cl3O/c1-2-4-6-5-3-1;3-1(4)2(5)6/h1-6H2;1-2,6H. The van der Waals surface area contributed by atoms with Crippen LogP contribution in [0, 0.1) is 0 Å². The zero-order valence-electron chi connectivity index (χ0n) is 6.98. The van der Waals surface area contributed by atoms with E-state index in [1.165, 1.54) is 38.5 Å². The number of hydrogen-bond donors (Lipinski definition) is 1. The fourth-order valence-electron chi connectivity index (χ4n) is 1.06. The van der Waals surface area contributed by atoms with E-state index in [0.717, 1.165) is 0 Å². The Bertz CT molecular complexity index is 74.8. The van der Waals surface area contributed by atoms with Crippen LogP contribution in [0.3, 0.4) is 0 Å². The van der Waals surface area contributed by atoms with Crippen LogP contribution in [0.4, 0.5) is 0 Å². The summed E-state index contributed by atoms with van der Waals surface area (Å²) in [6.07, 6.45) is 9.00. The van der Waals surface area contributed by atoms with Gasteiger partial charge in [-0.1, -0.05) is 50.1 Å². The number of aliphatic hydroxyl groups is 1. The molecule has 0 heterocycles. The highest BCUT2D eigenvalue weighted by Gasteiger charge is 2.06. The largest absolute Gasteiger partial charge is 0.375 e. The first-order chi connectivity index (χ1) is 5.64. The molecule has 1 unspecified atom stereocenters. The topological polar surface area (TPSA) is 20.2 Å². The molecule has 4 heteroatoms. The van der Waals surface area contributed by atoms with Crippen LogP contribution in [0.15, 0.2) is 0 Å². The number of aliphatic hydroxyl groups excluding tert-OH is 1. The molecule has 0 amide bonds. The predicted octanol–water partition coefficient (Wildman–Crippen LogP) is 3.69. The van der Waals surface area contributed by atoms with E-state index in [1.54, 1.807) is 0 Å². The summed E-state index contributed by atoms with van der Waals surface area (Å²) >= 11 is 14.9. The van der Waals surface area contributed by atoms with Gasteiger partial charge in [-0.25, -0.2) is 0 Å². The van der Waals surface area contributed by atoms with Gasteiger partial charge in [-0.3, -0.25) is 0 Å². The van der Waals surface area contributed by atoms with Gasteiger partial charge in [0.05, 0.1) is 0 Å². The average Bonchev–Trinajstić information content (AvgIpc) is 2.08. The van der Waals surface area contributed by atoms with E-state index in [-0.39, 0.29) is 0 Å². The van der Waals surface area contributed by atoms with Gasteiger partial charge < -0.3 is 5.11 Å². The van der Waals surface area contributed by atoms with Crippen molar-refractivity contribution < 1.29 is 5.11 Å². The number of rotatable bonds is 1. The van der Waals surface area contributed by atoms with Gasteiger partial charge in [-0.15, -0.1) is 23.2 Å². The summed E-state index contributed by atoms with van der Waals surface area (Å²) in [5, 5.41) is 8.13. The Morgan fingerprint density at radius 2 is 0.917 bits per heavy atom. The van der Waals surface area contributed by atoms with Crippen LogP contribution in [0.25, 0.3) is 0 Å². The van der Waals surface area contributed by atoms with Gasteiger partial charge in [-0.05, 0) is 0 Å². The minimum absolute atomic E-state index is 0.883. The van der Waals surface area contributed by atoms with Gasteiger partial charge in [0.25, 0.3) is 0 Å². The molecule has 0 aromatic rings. The molecule has 0 bridgehead atoms. The lowest BCUT2D eigenvalue weighted by Gasteiger charge is -2.05. The summed E-state index contributed by atoms with van der Waals surface area (Å²) in [5.74, 6) is 0. The molecule has 1 aliphatic rings. The first-order valence-corrected chi connectivity index (χ1v) is 5.56. The van der Waals surface area contributed by atoms with Crippen molar-refractivity contribution in [1.82, 2.24) is 0 Å². The molecule has 0 aromatic carbocycles. The lowest BCUT2D eigenvalue weighted by Crippen LogP contribution is -2.04. The van der Waals surface area contributed by atoms with Crippen LogP contribution < -0.4 is 0 Å². The summed E-state index contributed by atoms with van der Waals surface area (Å²) in [5.41, 5.74) is -1.15. The van der Waals surface area contributed by atoms with E-state index >= 15 is 0 Å². The Kier molecular flexibility index (Phi) is 9.01. The molecule has 1 nitrogen and oxygen atoms in total. The molecular weight excluding hydrogens is 218 g/mol. The molecule has 1 atom stereocenters. The van der Waals surface area contributed by atoms with Gasteiger partial charge in [0.15, 0.2) is 5.56 Å². The molecular formula is C8H15Cl3O. The van der Waals surface area contributed by atoms with E-state index < -0.39 is 10.4 Å². The van der Waals surface area contributed by atoms with Crippen LogP contribution in [0.2, 0.25) is 0 Å². The molecule has 1 N–H and O–H groups in total. The Balaban J connectivity index is 0.000000202. The summed E-state index contributed by atoms with van der Waals surface area (Å²) in [4.78, 5) is -0.883. The van der Waals surface area contributed by atoms with Crippen molar-refractivity contribution in [3.05, 3.63) is 0 Å². The zero-order chi connectivity index (χ0) is 9.40. The normalized spacial score (nSPS) is 19.8. The van der Waals surface area contributed by atoms with Gasteiger partial charge in [-0.2, -0.15) is 0 Å². The Morgan fingerprint density at radius 1 is 0.750 bits per heavy atom. The van der Waals surface area contributed by atoms with Crippen LogP contribution in [-0.4, -0.2) is 15.5 Å². The minimum Gasteiger partial charge on any atom is -0.375 e. The van der Waals surface area contributed by atoms with Crippen molar-refractivity contribution >= 4 is 34.8 Å². The van der Waals surface area contributed by atoms with Crippen molar-refractivity contribution in [3.63, 3.8) is 0 Å². The highest BCUT2D eigenvalue weighted by Crippen LogP contribution is 2.15. The van der Waals surface area contributed by atoms with Crippen molar-refractivity contribution in [2.24, 2.45) is 0 Å². The zero-order valence-corrected chi connectivity index (χ0v) is 9.25. The Labute approximate surface area is 89.0 Å². The summed E-state index contributed by atoms with van der Waals surface area (Å²) in [6, 6.07) is 0. The van der Waals surface area contributed by atoms with Crippen molar-refractivity contribution in [2.45, 2.75) is 48.9 Å². The number of hydrogen-bond acceptors (Lipinski definition) is 1. The summed E-state index contributed by atoms with van der Waals surface area (Å²) in [7, 11) is 0. The van der Waals surface area contributed by atoms with Crippen LogP contribution >= 0.6 is 34.8 Å². The second-order valence-corrected chi connectivity index (χ2v) is 4.44. The maximum absolute atomic E-state index is 8.13. The highest BCUT2D eigenvalue weighted by atomic mass is 35.5. The van der Waals surface area contributed by atoms with E-state index in [0.29, 0.717) is 0 Å². The molecule has 1 fully saturated rings. The molecule has 1 rings (SSSR count). The van der Waals surface area contributed by atoms with E-state index in [4.69, 9.17) is 39.9 Å². The fourth-order valence-corrected chi connectivity index (χ4v) is 1.06. The third kappa shape index (κ3) is 8.92. The van der Waals surface area contributed by atoms with Crippen LogP contribution in [0.1, 0.15) is 38.5 Å². The van der Waals surface area contributed by atoms with E-state index in [1.807, 2.05) is 0 Å². The molecule has 1 saturated carbocycles. The molecule has 74 valence electrons. The summed E-state index contributed by atoms with van der Waals surface area (Å²) < 4.78 is 0. The molecule has 0 aliphatic heterocycles.